The standard InChI is InChI=1S/C16H23N3O/c1-13-4-2-3-5-15(13)19-10-8-18(9-11-19)12-16(20)17-14-6-7-14/h2-5,14H,6-12H2,1H3,(H,17,20). The van der Waals surface area contributed by atoms with Gasteiger partial charge in [-0.05, 0) is 31.4 Å². The molecule has 4 heteroatoms. The molecule has 3 rings (SSSR count). The van der Waals surface area contributed by atoms with Gasteiger partial charge in [-0.3, -0.25) is 9.69 Å². The van der Waals surface area contributed by atoms with Crippen molar-refractivity contribution in [1.82, 2.24) is 10.2 Å². The second kappa shape index (κ2) is 5.83. The molecule has 1 amide bonds. The molecule has 1 saturated carbocycles. The van der Waals surface area contributed by atoms with E-state index < -0.39 is 0 Å². The maximum Gasteiger partial charge on any atom is 0.234 e. The Morgan fingerprint density at radius 3 is 2.55 bits per heavy atom. The fourth-order valence-corrected chi connectivity index (χ4v) is 2.77. The van der Waals surface area contributed by atoms with Gasteiger partial charge in [-0.15, -0.1) is 0 Å². The highest BCUT2D eigenvalue weighted by Crippen LogP contribution is 2.21. The third-order valence-corrected chi connectivity index (χ3v) is 4.14. The second-order valence-corrected chi connectivity index (χ2v) is 5.89. The van der Waals surface area contributed by atoms with E-state index in [1.165, 1.54) is 11.3 Å². The summed E-state index contributed by atoms with van der Waals surface area (Å²) in [4.78, 5) is 16.5. The van der Waals surface area contributed by atoms with Crippen LogP contribution >= 0.6 is 0 Å². The lowest BCUT2D eigenvalue weighted by molar-refractivity contribution is -0.122. The number of piperazine rings is 1. The molecule has 1 saturated heterocycles. The monoisotopic (exact) mass is 273 g/mol. The Labute approximate surface area is 120 Å². The molecular formula is C16H23N3O. The minimum atomic E-state index is 0.192. The van der Waals surface area contributed by atoms with Gasteiger partial charge in [-0.2, -0.15) is 0 Å². The third-order valence-electron chi connectivity index (χ3n) is 4.14. The van der Waals surface area contributed by atoms with Crippen molar-refractivity contribution in [3.63, 3.8) is 0 Å². The average molecular weight is 273 g/mol. The normalized spacial score (nSPS) is 19.9. The zero-order valence-electron chi connectivity index (χ0n) is 12.1. The summed E-state index contributed by atoms with van der Waals surface area (Å²) in [6.45, 7) is 6.64. The van der Waals surface area contributed by atoms with Gasteiger partial charge in [0, 0.05) is 37.9 Å². The fourth-order valence-electron chi connectivity index (χ4n) is 2.77. The predicted molar refractivity (Wildman–Crippen MR) is 81.0 cm³/mol. The van der Waals surface area contributed by atoms with Crippen LogP contribution in [-0.2, 0) is 4.79 Å². The van der Waals surface area contributed by atoms with E-state index >= 15 is 0 Å². The summed E-state index contributed by atoms with van der Waals surface area (Å²) >= 11 is 0. The Bertz CT molecular complexity index is 476. The number of aryl methyl sites for hydroxylation is 1. The van der Waals surface area contributed by atoms with Crippen molar-refractivity contribution < 1.29 is 4.79 Å². The van der Waals surface area contributed by atoms with Gasteiger partial charge in [0.1, 0.15) is 0 Å². The molecule has 1 aliphatic carbocycles. The van der Waals surface area contributed by atoms with Crippen molar-refractivity contribution in [2.75, 3.05) is 37.6 Å². The lowest BCUT2D eigenvalue weighted by Gasteiger charge is -2.36. The zero-order chi connectivity index (χ0) is 13.9. The summed E-state index contributed by atoms with van der Waals surface area (Å²) in [5.74, 6) is 0.192. The lowest BCUT2D eigenvalue weighted by atomic mass is 10.1. The van der Waals surface area contributed by atoms with Crippen LogP contribution in [0.15, 0.2) is 24.3 Å². The molecule has 4 nitrogen and oxygen atoms in total. The van der Waals surface area contributed by atoms with Crippen LogP contribution in [0.3, 0.4) is 0 Å². The number of nitrogens with one attached hydrogen (secondary N) is 1. The lowest BCUT2D eigenvalue weighted by Crippen LogP contribution is -2.49. The first-order chi connectivity index (χ1) is 9.72. The molecule has 0 radical (unpaired) electrons. The van der Waals surface area contributed by atoms with E-state index in [1.807, 2.05) is 0 Å². The molecule has 0 spiro atoms. The molecule has 20 heavy (non-hydrogen) atoms. The third kappa shape index (κ3) is 3.31. The molecule has 1 aromatic rings. The minimum absolute atomic E-state index is 0.192. The number of hydrogen-bond donors (Lipinski definition) is 1. The van der Waals surface area contributed by atoms with Crippen molar-refractivity contribution in [2.45, 2.75) is 25.8 Å². The van der Waals surface area contributed by atoms with Crippen LogP contribution in [-0.4, -0.2) is 49.6 Å². The van der Waals surface area contributed by atoms with Crippen molar-refractivity contribution in [2.24, 2.45) is 0 Å². The van der Waals surface area contributed by atoms with Crippen molar-refractivity contribution in [1.29, 1.82) is 0 Å². The molecule has 0 bridgehead atoms. The number of para-hydroxylation sites is 1. The van der Waals surface area contributed by atoms with E-state index in [9.17, 15) is 4.79 Å². The van der Waals surface area contributed by atoms with Gasteiger partial charge >= 0.3 is 0 Å². The van der Waals surface area contributed by atoms with Crippen LogP contribution in [0.2, 0.25) is 0 Å². The van der Waals surface area contributed by atoms with Crippen LogP contribution in [0.5, 0.6) is 0 Å². The molecule has 0 unspecified atom stereocenters. The molecular weight excluding hydrogens is 250 g/mol. The number of benzene rings is 1. The van der Waals surface area contributed by atoms with Gasteiger partial charge in [0.05, 0.1) is 6.54 Å². The Kier molecular flexibility index (Phi) is 3.92. The SMILES string of the molecule is Cc1ccccc1N1CCN(CC(=O)NC2CC2)CC1. The van der Waals surface area contributed by atoms with Crippen molar-refractivity contribution >= 4 is 11.6 Å². The molecule has 1 aliphatic heterocycles. The van der Waals surface area contributed by atoms with Gasteiger partial charge in [-0.25, -0.2) is 0 Å². The van der Waals surface area contributed by atoms with E-state index in [1.54, 1.807) is 0 Å². The Balaban J connectivity index is 1.49. The molecule has 2 aliphatic rings. The zero-order valence-corrected chi connectivity index (χ0v) is 12.1. The Morgan fingerprint density at radius 1 is 1.20 bits per heavy atom. The molecule has 2 fully saturated rings. The first kappa shape index (κ1) is 13.4. The summed E-state index contributed by atoms with van der Waals surface area (Å²) in [6, 6.07) is 8.99. The smallest absolute Gasteiger partial charge is 0.234 e. The molecule has 1 aromatic carbocycles. The number of carbonyl (C=O) groups excluding carboxylic acids is 1. The maximum atomic E-state index is 11.8. The van der Waals surface area contributed by atoms with E-state index in [0.29, 0.717) is 12.6 Å². The fraction of sp³-hybridized carbons (Fsp3) is 0.562. The number of amides is 1. The number of nitrogens with zero attached hydrogens (tertiary/aromatic N) is 2. The summed E-state index contributed by atoms with van der Waals surface area (Å²) in [6.07, 6.45) is 2.32. The molecule has 0 atom stereocenters. The van der Waals surface area contributed by atoms with Gasteiger partial charge < -0.3 is 10.2 Å². The average Bonchev–Trinajstić information content (AvgIpc) is 3.24. The maximum absolute atomic E-state index is 11.8. The molecule has 0 aromatic heterocycles. The summed E-state index contributed by atoms with van der Waals surface area (Å²) in [7, 11) is 0. The summed E-state index contributed by atoms with van der Waals surface area (Å²) in [5, 5.41) is 3.06. The largest absolute Gasteiger partial charge is 0.369 e. The van der Waals surface area contributed by atoms with Gasteiger partial charge in [0.2, 0.25) is 5.91 Å². The van der Waals surface area contributed by atoms with Crippen molar-refractivity contribution in [3.8, 4) is 0 Å². The second-order valence-electron chi connectivity index (χ2n) is 5.89. The highest BCUT2D eigenvalue weighted by molar-refractivity contribution is 5.78. The quantitative estimate of drug-likeness (QED) is 0.900. The first-order valence-electron chi connectivity index (χ1n) is 7.54. The van der Waals surface area contributed by atoms with E-state index in [2.05, 4.69) is 46.3 Å². The summed E-state index contributed by atoms with van der Waals surface area (Å²) in [5.41, 5.74) is 2.65. The van der Waals surface area contributed by atoms with Crippen LogP contribution in [0, 0.1) is 6.92 Å². The highest BCUT2D eigenvalue weighted by atomic mass is 16.2. The topological polar surface area (TPSA) is 35.6 Å². The van der Waals surface area contributed by atoms with E-state index in [4.69, 9.17) is 0 Å². The van der Waals surface area contributed by atoms with E-state index in [0.717, 1.165) is 39.0 Å². The number of carbonyl (C=O) groups is 1. The van der Waals surface area contributed by atoms with Crippen molar-refractivity contribution in [3.05, 3.63) is 29.8 Å². The van der Waals surface area contributed by atoms with Gasteiger partial charge in [0.25, 0.3) is 0 Å². The molecule has 1 N–H and O–H groups in total. The predicted octanol–water partition coefficient (Wildman–Crippen LogP) is 1.40. The van der Waals surface area contributed by atoms with Crippen LogP contribution in [0.25, 0.3) is 0 Å². The minimum Gasteiger partial charge on any atom is -0.369 e. The van der Waals surface area contributed by atoms with Crippen LogP contribution in [0.1, 0.15) is 18.4 Å². The number of rotatable bonds is 4. The van der Waals surface area contributed by atoms with Crippen LogP contribution < -0.4 is 10.2 Å². The Hall–Kier alpha value is -1.55. The Morgan fingerprint density at radius 2 is 1.90 bits per heavy atom. The number of anilines is 1. The van der Waals surface area contributed by atoms with Crippen LogP contribution in [0.4, 0.5) is 5.69 Å². The van der Waals surface area contributed by atoms with Gasteiger partial charge in [-0.1, -0.05) is 18.2 Å². The first-order valence-corrected chi connectivity index (χ1v) is 7.54. The molecule has 108 valence electrons. The summed E-state index contributed by atoms with van der Waals surface area (Å²) < 4.78 is 0. The van der Waals surface area contributed by atoms with E-state index in [-0.39, 0.29) is 5.91 Å². The number of hydrogen-bond acceptors (Lipinski definition) is 3. The molecule has 1 heterocycles. The van der Waals surface area contributed by atoms with Gasteiger partial charge in [0.15, 0.2) is 0 Å². The highest BCUT2D eigenvalue weighted by Gasteiger charge is 2.25.